The second kappa shape index (κ2) is 10.8. The normalized spacial score (nSPS) is 12.0. The molecule has 2 aromatic rings. The van der Waals surface area contributed by atoms with Crippen molar-refractivity contribution in [3.05, 3.63) is 59.2 Å². The summed E-state index contributed by atoms with van der Waals surface area (Å²) in [6, 6.07) is 13.0. The summed E-state index contributed by atoms with van der Waals surface area (Å²) in [5.74, 6) is 1.09. The molecule has 0 fully saturated rings. The van der Waals surface area contributed by atoms with Gasteiger partial charge in [0, 0.05) is 33.0 Å². The minimum Gasteiger partial charge on any atom is -0.467 e. The Bertz CT molecular complexity index is 630. The molecule has 0 aliphatic rings. The zero-order chi connectivity index (χ0) is 18.8. The van der Waals surface area contributed by atoms with Gasteiger partial charge in [-0.05, 0) is 23.6 Å². The van der Waals surface area contributed by atoms with E-state index in [1.807, 2.05) is 36.4 Å². The summed E-state index contributed by atoms with van der Waals surface area (Å²) in [6.07, 6.45) is -0.241. The Labute approximate surface area is 154 Å². The molecule has 0 aliphatic carbocycles. The van der Waals surface area contributed by atoms with Crippen molar-refractivity contribution in [3.8, 4) is 11.5 Å². The van der Waals surface area contributed by atoms with Gasteiger partial charge < -0.3 is 28.8 Å². The Morgan fingerprint density at radius 3 is 2.23 bits per heavy atom. The molecule has 0 amide bonds. The Hall–Kier alpha value is -2.12. The van der Waals surface area contributed by atoms with Crippen LogP contribution in [-0.2, 0) is 20.6 Å². The number of aliphatic hydroxyl groups is 1. The number of ether oxygens (including phenoxy) is 5. The van der Waals surface area contributed by atoms with Crippen molar-refractivity contribution in [1.29, 1.82) is 0 Å². The molecule has 1 N–H and O–H groups in total. The number of benzene rings is 2. The van der Waals surface area contributed by atoms with Crippen LogP contribution in [0, 0.1) is 0 Å². The van der Waals surface area contributed by atoms with Gasteiger partial charge in [0.2, 0.25) is 0 Å². The second-order valence-electron chi connectivity index (χ2n) is 5.65. The Balaban J connectivity index is 2.48. The van der Waals surface area contributed by atoms with Crippen LogP contribution in [-0.4, -0.2) is 46.6 Å². The van der Waals surface area contributed by atoms with Gasteiger partial charge in [0.15, 0.2) is 13.6 Å². The zero-order valence-corrected chi connectivity index (χ0v) is 15.4. The fraction of sp³-hybridized carbons (Fsp3) is 0.400. The minimum atomic E-state index is -0.841. The van der Waals surface area contributed by atoms with Crippen LogP contribution >= 0.6 is 0 Å². The van der Waals surface area contributed by atoms with Gasteiger partial charge in [0.1, 0.15) is 17.6 Å². The molecule has 26 heavy (non-hydrogen) atoms. The van der Waals surface area contributed by atoms with Crippen LogP contribution in [0.3, 0.4) is 0 Å². The molecular formula is C20H26O6. The molecule has 0 aliphatic heterocycles. The fourth-order valence-electron chi connectivity index (χ4n) is 2.64. The highest BCUT2D eigenvalue weighted by Crippen LogP contribution is 2.37. The van der Waals surface area contributed by atoms with E-state index in [9.17, 15) is 5.11 Å². The van der Waals surface area contributed by atoms with Gasteiger partial charge in [0.25, 0.3) is 0 Å². The van der Waals surface area contributed by atoms with E-state index < -0.39 is 6.10 Å². The SMILES string of the molecule is COCCc1cc(OCOC)cc(OCOC)c1C(O)c1ccccc1. The van der Waals surface area contributed by atoms with Crippen molar-refractivity contribution in [1.82, 2.24) is 0 Å². The van der Waals surface area contributed by atoms with Crippen molar-refractivity contribution in [2.45, 2.75) is 12.5 Å². The van der Waals surface area contributed by atoms with Crippen LogP contribution in [0.15, 0.2) is 42.5 Å². The van der Waals surface area contributed by atoms with Crippen LogP contribution in [0.2, 0.25) is 0 Å². The van der Waals surface area contributed by atoms with Crippen molar-refractivity contribution >= 4 is 0 Å². The lowest BCUT2D eigenvalue weighted by Gasteiger charge is -2.21. The van der Waals surface area contributed by atoms with Gasteiger partial charge in [-0.1, -0.05) is 30.3 Å². The molecule has 0 spiro atoms. The van der Waals surface area contributed by atoms with Crippen LogP contribution in [0.5, 0.6) is 11.5 Å². The van der Waals surface area contributed by atoms with Crippen LogP contribution in [0.1, 0.15) is 22.8 Å². The molecule has 0 saturated heterocycles. The third-order valence-corrected chi connectivity index (χ3v) is 3.84. The van der Waals surface area contributed by atoms with Crippen LogP contribution in [0.25, 0.3) is 0 Å². The lowest BCUT2D eigenvalue weighted by molar-refractivity contribution is 0.0442. The predicted octanol–water partition coefficient (Wildman–Crippen LogP) is 2.92. The molecule has 1 unspecified atom stereocenters. The number of hydrogen-bond donors (Lipinski definition) is 1. The van der Waals surface area contributed by atoms with E-state index >= 15 is 0 Å². The predicted molar refractivity (Wildman–Crippen MR) is 97.5 cm³/mol. The van der Waals surface area contributed by atoms with Crippen LogP contribution < -0.4 is 9.47 Å². The Morgan fingerprint density at radius 1 is 0.885 bits per heavy atom. The molecule has 6 heteroatoms. The molecule has 2 aromatic carbocycles. The molecule has 0 heterocycles. The smallest absolute Gasteiger partial charge is 0.188 e. The quantitative estimate of drug-likeness (QED) is 0.620. The monoisotopic (exact) mass is 362 g/mol. The maximum Gasteiger partial charge on any atom is 0.188 e. The number of aliphatic hydroxyl groups excluding tert-OH is 1. The largest absolute Gasteiger partial charge is 0.467 e. The standard InChI is InChI=1S/C20H26O6/c1-22-10-9-16-11-17(25-13-23-2)12-18(26-14-24-3)19(16)20(21)15-7-5-4-6-8-15/h4-8,11-12,20-21H,9-10,13-14H2,1-3H3. The molecule has 0 saturated carbocycles. The Kier molecular flexibility index (Phi) is 8.37. The molecule has 1 atom stereocenters. The third-order valence-electron chi connectivity index (χ3n) is 3.84. The first kappa shape index (κ1) is 20.2. The lowest BCUT2D eigenvalue weighted by atomic mass is 9.94. The molecule has 2 rings (SSSR count). The Morgan fingerprint density at radius 2 is 1.58 bits per heavy atom. The topological polar surface area (TPSA) is 66.4 Å². The van der Waals surface area contributed by atoms with E-state index in [4.69, 9.17) is 23.7 Å². The highest BCUT2D eigenvalue weighted by molar-refractivity contribution is 5.50. The summed E-state index contributed by atoms with van der Waals surface area (Å²) in [5, 5.41) is 11.0. The van der Waals surface area contributed by atoms with E-state index in [0.717, 1.165) is 11.1 Å². The van der Waals surface area contributed by atoms with Crippen molar-refractivity contribution in [2.24, 2.45) is 0 Å². The highest BCUT2D eigenvalue weighted by atomic mass is 16.7. The van der Waals surface area contributed by atoms with E-state index in [2.05, 4.69) is 0 Å². The summed E-state index contributed by atoms with van der Waals surface area (Å²) in [5.41, 5.74) is 2.33. The minimum absolute atomic E-state index is 0.0615. The number of methoxy groups -OCH3 is 3. The van der Waals surface area contributed by atoms with Gasteiger partial charge in [0.05, 0.1) is 6.61 Å². The first-order valence-electron chi connectivity index (χ1n) is 8.33. The lowest BCUT2D eigenvalue weighted by Crippen LogP contribution is -2.11. The van der Waals surface area contributed by atoms with Crippen molar-refractivity contribution < 1.29 is 28.8 Å². The molecule has 142 valence electrons. The molecule has 0 aromatic heterocycles. The zero-order valence-electron chi connectivity index (χ0n) is 15.4. The van der Waals surface area contributed by atoms with Gasteiger partial charge in [-0.2, -0.15) is 0 Å². The van der Waals surface area contributed by atoms with E-state index in [-0.39, 0.29) is 13.6 Å². The molecule has 6 nitrogen and oxygen atoms in total. The van der Waals surface area contributed by atoms with E-state index in [0.29, 0.717) is 30.1 Å². The maximum atomic E-state index is 11.0. The van der Waals surface area contributed by atoms with Crippen molar-refractivity contribution in [2.75, 3.05) is 41.5 Å². The summed E-state index contributed by atoms with van der Waals surface area (Å²) in [7, 11) is 4.74. The van der Waals surface area contributed by atoms with Crippen molar-refractivity contribution in [3.63, 3.8) is 0 Å². The second-order valence-corrected chi connectivity index (χ2v) is 5.65. The maximum absolute atomic E-state index is 11.0. The highest BCUT2D eigenvalue weighted by Gasteiger charge is 2.21. The van der Waals surface area contributed by atoms with Gasteiger partial charge >= 0.3 is 0 Å². The average molecular weight is 362 g/mol. The summed E-state index contributed by atoms with van der Waals surface area (Å²) in [4.78, 5) is 0. The number of rotatable bonds is 11. The molecule has 0 bridgehead atoms. The van der Waals surface area contributed by atoms with E-state index in [1.54, 1.807) is 27.4 Å². The first-order valence-corrected chi connectivity index (χ1v) is 8.33. The molecular weight excluding hydrogens is 336 g/mol. The summed E-state index contributed by atoms with van der Waals surface area (Å²) >= 11 is 0. The van der Waals surface area contributed by atoms with Gasteiger partial charge in [-0.3, -0.25) is 0 Å². The first-order chi connectivity index (χ1) is 12.7. The van der Waals surface area contributed by atoms with Crippen LogP contribution in [0.4, 0.5) is 0 Å². The van der Waals surface area contributed by atoms with Gasteiger partial charge in [-0.15, -0.1) is 0 Å². The number of hydrogen-bond acceptors (Lipinski definition) is 6. The average Bonchev–Trinajstić information content (AvgIpc) is 2.69. The summed E-state index contributed by atoms with van der Waals surface area (Å²) in [6.45, 7) is 0.686. The van der Waals surface area contributed by atoms with E-state index in [1.165, 1.54) is 0 Å². The third kappa shape index (κ3) is 5.44. The summed E-state index contributed by atoms with van der Waals surface area (Å²) < 4.78 is 26.5. The fourth-order valence-corrected chi connectivity index (χ4v) is 2.64. The molecule has 0 radical (unpaired) electrons. The van der Waals surface area contributed by atoms with Gasteiger partial charge in [-0.25, -0.2) is 0 Å².